The van der Waals surface area contributed by atoms with E-state index in [4.69, 9.17) is 0 Å². The Morgan fingerprint density at radius 1 is 1.00 bits per heavy atom. The Bertz CT molecular complexity index is 593. The average Bonchev–Trinajstić information content (AvgIpc) is 2.47. The van der Waals surface area contributed by atoms with Crippen LogP contribution in [0.5, 0.6) is 0 Å². The molecule has 0 aromatic heterocycles. The van der Waals surface area contributed by atoms with Gasteiger partial charge in [0.25, 0.3) is 5.91 Å². The Hall–Kier alpha value is -2.53. The van der Waals surface area contributed by atoms with Gasteiger partial charge in [-0.1, -0.05) is 48.2 Å². The summed E-state index contributed by atoms with van der Waals surface area (Å²) in [6.07, 6.45) is 0. The highest BCUT2D eigenvalue weighted by Gasteiger charge is 2.06. The Kier molecular flexibility index (Phi) is 4.36. The maximum atomic E-state index is 11.9. The molecule has 94 valence electrons. The lowest BCUT2D eigenvalue weighted by molar-refractivity contribution is 0.0948. The second-order valence-electron chi connectivity index (χ2n) is 4.20. The molecular formula is C17H15NO. The van der Waals surface area contributed by atoms with E-state index >= 15 is 0 Å². The van der Waals surface area contributed by atoms with Crippen LogP contribution in [-0.2, 0) is 0 Å². The molecule has 1 unspecified atom stereocenters. The molecule has 0 aliphatic carbocycles. The van der Waals surface area contributed by atoms with Gasteiger partial charge in [0.1, 0.15) is 0 Å². The van der Waals surface area contributed by atoms with Gasteiger partial charge in [-0.2, -0.15) is 0 Å². The predicted octanol–water partition coefficient (Wildman–Crippen LogP) is 2.86. The van der Waals surface area contributed by atoms with Gasteiger partial charge < -0.3 is 5.32 Å². The van der Waals surface area contributed by atoms with Crippen LogP contribution in [0.2, 0.25) is 0 Å². The highest BCUT2D eigenvalue weighted by Crippen LogP contribution is 1.99. The van der Waals surface area contributed by atoms with Crippen molar-refractivity contribution in [3.05, 3.63) is 71.8 Å². The summed E-state index contributed by atoms with van der Waals surface area (Å²) in [5.41, 5.74) is 1.60. The zero-order chi connectivity index (χ0) is 13.5. The van der Waals surface area contributed by atoms with Crippen molar-refractivity contribution in [1.82, 2.24) is 5.32 Å². The van der Waals surface area contributed by atoms with Gasteiger partial charge >= 0.3 is 0 Å². The molecule has 0 saturated heterocycles. The number of rotatable bonds is 2. The first-order valence-corrected chi connectivity index (χ1v) is 6.18. The first-order chi connectivity index (χ1) is 9.25. The average molecular weight is 249 g/mol. The number of hydrogen-bond donors (Lipinski definition) is 1. The zero-order valence-electron chi connectivity index (χ0n) is 10.8. The standard InChI is InChI=1S/C17H15NO/c1-14(12-13-15-8-4-2-5-9-15)18-17(19)16-10-6-3-7-11-16/h2-11,14H,1H3,(H,18,19). The Balaban J connectivity index is 1.97. The van der Waals surface area contributed by atoms with Crippen LogP contribution < -0.4 is 5.32 Å². The second-order valence-corrected chi connectivity index (χ2v) is 4.20. The summed E-state index contributed by atoms with van der Waals surface area (Å²) in [4.78, 5) is 11.9. The van der Waals surface area contributed by atoms with Crippen LogP contribution in [-0.4, -0.2) is 11.9 Å². The molecule has 2 heteroatoms. The second kappa shape index (κ2) is 6.42. The summed E-state index contributed by atoms with van der Waals surface area (Å²) >= 11 is 0. The summed E-state index contributed by atoms with van der Waals surface area (Å²) in [6, 6.07) is 18.7. The van der Waals surface area contributed by atoms with E-state index < -0.39 is 0 Å². The molecule has 2 aromatic carbocycles. The SMILES string of the molecule is CC(C#Cc1ccccc1)NC(=O)c1ccccc1. The van der Waals surface area contributed by atoms with Crippen LogP contribution in [0.1, 0.15) is 22.8 Å². The van der Waals surface area contributed by atoms with Crippen LogP contribution in [0.25, 0.3) is 0 Å². The Morgan fingerprint density at radius 3 is 2.21 bits per heavy atom. The van der Waals surface area contributed by atoms with E-state index in [2.05, 4.69) is 17.2 Å². The fourth-order valence-corrected chi connectivity index (χ4v) is 1.62. The topological polar surface area (TPSA) is 29.1 Å². The number of benzene rings is 2. The van der Waals surface area contributed by atoms with Crippen LogP contribution in [0.3, 0.4) is 0 Å². The molecule has 1 amide bonds. The van der Waals surface area contributed by atoms with Crippen molar-refractivity contribution in [3.8, 4) is 11.8 Å². The zero-order valence-corrected chi connectivity index (χ0v) is 10.8. The fourth-order valence-electron chi connectivity index (χ4n) is 1.62. The largest absolute Gasteiger partial charge is 0.339 e. The molecule has 0 spiro atoms. The molecule has 0 radical (unpaired) electrons. The van der Waals surface area contributed by atoms with E-state index in [1.807, 2.05) is 55.5 Å². The summed E-state index contributed by atoms with van der Waals surface area (Å²) < 4.78 is 0. The van der Waals surface area contributed by atoms with Crippen molar-refractivity contribution in [3.63, 3.8) is 0 Å². The maximum Gasteiger partial charge on any atom is 0.252 e. The highest BCUT2D eigenvalue weighted by atomic mass is 16.1. The molecule has 0 saturated carbocycles. The lowest BCUT2D eigenvalue weighted by atomic mass is 10.2. The summed E-state index contributed by atoms with van der Waals surface area (Å²) in [6.45, 7) is 1.87. The van der Waals surface area contributed by atoms with Gasteiger partial charge in [-0.05, 0) is 31.2 Å². The van der Waals surface area contributed by atoms with Gasteiger partial charge in [0, 0.05) is 11.1 Å². The molecule has 0 fully saturated rings. The molecule has 2 nitrogen and oxygen atoms in total. The van der Waals surface area contributed by atoms with E-state index in [-0.39, 0.29) is 11.9 Å². The normalized spacial score (nSPS) is 11.0. The minimum Gasteiger partial charge on any atom is -0.339 e. The summed E-state index contributed by atoms with van der Waals surface area (Å²) in [5, 5.41) is 2.85. The Labute approximate surface area is 113 Å². The molecule has 1 N–H and O–H groups in total. The Morgan fingerprint density at radius 2 is 1.58 bits per heavy atom. The molecule has 1 atom stereocenters. The number of nitrogens with one attached hydrogen (secondary N) is 1. The number of amides is 1. The first-order valence-electron chi connectivity index (χ1n) is 6.18. The van der Waals surface area contributed by atoms with Gasteiger partial charge in [0.2, 0.25) is 0 Å². The highest BCUT2D eigenvalue weighted by molar-refractivity contribution is 5.94. The van der Waals surface area contributed by atoms with Gasteiger partial charge in [0.05, 0.1) is 6.04 Å². The summed E-state index contributed by atoms with van der Waals surface area (Å²) in [5.74, 6) is 5.95. The third-order valence-corrected chi connectivity index (χ3v) is 2.59. The third-order valence-electron chi connectivity index (χ3n) is 2.59. The van der Waals surface area contributed by atoms with Crippen molar-refractivity contribution in [2.24, 2.45) is 0 Å². The van der Waals surface area contributed by atoms with E-state index in [0.29, 0.717) is 5.56 Å². The van der Waals surface area contributed by atoms with Crippen LogP contribution in [0.4, 0.5) is 0 Å². The quantitative estimate of drug-likeness (QED) is 0.815. The van der Waals surface area contributed by atoms with Gasteiger partial charge in [-0.3, -0.25) is 4.79 Å². The van der Waals surface area contributed by atoms with Crippen molar-refractivity contribution >= 4 is 5.91 Å². The van der Waals surface area contributed by atoms with Gasteiger partial charge in [-0.25, -0.2) is 0 Å². The van der Waals surface area contributed by atoms with Crippen LogP contribution in [0.15, 0.2) is 60.7 Å². The van der Waals surface area contributed by atoms with E-state index in [1.165, 1.54) is 0 Å². The molecule has 19 heavy (non-hydrogen) atoms. The molecular weight excluding hydrogens is 234 g/mol. The summed E-state index contributed by atoms with van der Waals surface area (Å²) in [7, 11) is 0. The van der Waals surface area contributed by atoms with E-state index in [0.717, 1.165) is 5.56 Å². The van der Waals surface area contributed by atoms with Gasteiger partial charge in [-0.15, -0.1) is 0 Å². The lowest BCUT2D eigenvalue weighted by Crippen LogP contribution is -2.31. The molecule has 0 heterocycles. The van der Waals surface area contributed by atoms with Crippen molar-refractivity contribution in [2.75, 3.05) is 0 Å². The van der Waals surface area contributed by atoms with Crippen molar-refractivity contribution in [1.29, 1.82) is 0 Å². The maximum absolute atomic E-state index is 11.9. The van der Waals surface area contributed by atoms with Crippen LogP contribution >= 0.6 is 0 Å². The molecule has 2 rings (SSSR count). The predicted molar refractivity (Wildman–Crippen MR) is 76.7 cm³/mol. The lowest BCUT2D eigenvalue weighted by Gasteiger charge is -2.07. The molecule has 0 aliphatic heterocycles. The molecule has 2 aromatic rings. The van der Waals surface area contributed by atoms with Crippen LogP contribution in [0, 0.1) is 11.8 Å². The smallest absolute Gasteiger partial charge is 0.252 e. The molecule has 0 bridgehead atoms. The minimum atomic E-state index is -0.187. The first kappa shape index (κ1) is 12.9. The van der Waals surface area contributed by atoms with E-state index in [9.17, 15) is 4.79 Å². The number of carbonyl (C=O) groups excluding carboxylic acids is 1. The van der Waals surface area contributed by atoms with E-state index in [1.54, 1.807) is 12.1 Å². The third kappa shape index (κ3) is 4.01. The molecule has 0 aliphatic rings. The minimum absolute atomic E-state index is 0.101. The van der Waals surface area contributed by atoms with Crippen molar-refractivity contribution < 1.29 is 4.79 Å². The monoisotopic (exact) mass is 249 g/mol. The fraction of sp³-hybridized carbons (Fsp3) is 0.118. The van der Waals surface area contributed by atoms with Crippen molar-refractivity contribution in [2.45, 2.75) is 13.0 Å². The number of hydrogen-bond acceptors (Lipinski definition) is 1. The van der Waals surface area contributed by atoms with Gasteiger partial charge in [0.15, 0.2) is 0 Å². The number of carbonyl (C=O) groups is 1.